The van der Waals surface area contributed by atoms with E-state index in [1.165, 1.54) is 16.7 Å². The number of carboxylic acids is 2. The van der Waals surface area contributed by atoms with E-state index >= 15 is 0 Å². The molecule has 4 unspecified atom stereocenters. The summed E-state index contributed by atoms with van der Waals surface area (Å²) in [7, 11) is 0. The van der Waals surface area contributed by atoms with Crippen molar-refractivity contribution < 1.29 is 34.2 Å². The van der Waals surface area contributed by atoms with Crippen LogP contribution < -0.4 is 16.4 Å². The van der Waals surface area contributed by atoms with Crippen molar-refractivity contribution in [1.82, 2.24) is 15.5 Å². The smallest absolute Gasteiger partial charge is 0.327 e. The van der Waals surface area contributed by atoms with Gasteiger partial charge in [0.1, 0.15) is 18.1 Å². The van der Waals surface area contributed by atoms with Crippen molar-refractivity contribution in [2.75, 3.05) is 24.3 Å². The monoisotopic (exact) mass is 464 g/mol. The molecule has 0 aromatic heterocycles. The fraction of sp³-hybridized carbons (Fsp3) is 0.706. The number of aliphatic carboxylic acids is 2. The van der Waals surface area contributed by atoms with Crippen LogP contribution in [0.15, 0.2) is 0 Å². The summed E-state index contributed by atoms with van der Waals surface area (Å²) in [6.07, 6.45) is 2.42. The van der Waals surface area contributed by atoms with Crippen LogP contribution in [-0.2, 0) is 24.0 Å². The molecule has 1 heterocycles. The number of rotatable bonds is 12. The van der Waals surface area contributed by atoms with E-state index in [1.807, 2.05) is 6.26 Å². The van der Waals surface area contributed by atoms with Gasteiger partial charge in [-0.3, -0.25) is 19.2 Å². The van der Waals surface area contributed by atoms with Gasteiger partial charge in [0, 0.05) is 12.3 Å². The lowest BCUT2D eigenvalue weighted by Crippen LogP contribution is -2.57. The molecule has 1 fully saturated rings. The number of nitrogens with zero attached hydrogens (tertiary/aromatic N) is 1. The molecule has 0 aromatic rings. The lowest BCUT2D eigenvalue weighted by molar-refractivity contribution is -0.144. The number of hydrogen-bond donors (Lipinski definition) is 6. The fourth-order valence-corrected chi connectivity index (χ4v) is 3.74. The molecular formula is C17H28N4O7S2. The summed E-state index contributed by atoms with van der Waals surface area (Å²) >= 11 is 5.36. The Labute approximate surface area is 183 Å². The molecule has 0 saturated carbocycles. The largest absolute Gasteiger partial charge is 0.481 e. The summed E-state index contributed by atoms with van der Waals surface area (Å²) in [5.74, 6) is -3.90. The summed E-state index contributed by atoms with van der Waals surface area (Å²) in [4.78, 5) is 60.9. The number of amides is 3. The standard InChI is InChI=1S/C17H28N4O7S2/c1-30-6-4-10(14(24)20-11(8-29)17(27)28)19-15(25)12-3-2-5-21(12)16(26)9(18)7-13(22)23/h9-12,29H,2-8,18H2,1H3,(H,19,25)(H,20,24)(H,22,23)(H,27,28). The summed E-state index contributed by atoms with van der Waals surface area (Å²) in [6.45, 7) is 0.257. The van der Waals surface area contributed by atoms with Gasteiger partial charge < -0.3 is 31.5 Å². The zero-order valence-corrected chi connectivity index (χ0v) is 18.3. The third-order valence-electron chi connectivity index (χ3n) is 4.59. The van der Waals surface area contributed by atoms with Gasteiger partial charge in [-0.1, -0.05) is 0 Å². The lowest BCUT2D eigenvalue weighted by atomic mass is 10.1. The molecule has 1 aliphatic rings. The maximum atomic E-state index is 12.8. The van der Waals surface area contributed by atoms with E-state index in [0.29, 0.717) is 18.6 Å². The molecule has 11 nitrogen and oxygen atoms in total. The molecule has 3 amide bonds. The maximum Gasteiger partial charge on any atom is 0.327 e. The first-order chi connectivity index (χ1) is 14.1. The summed E-state index contributed by atoms with van der Waals surface area (Å²) in [5.41, 5.74) is 5.64. The Kier molecular flexibility index (Phi) is 11.0. The predicted octanol–water partition coefficient (Wildman–Crippen LogP) is -1.48. The van der Waals surface area contributed by atoms with Gasteiger partial charge in [-0.25, -0.2) is 4.79 Å². The minimum absolute atomic E-state index is 0.114. The van der Waals surface area contributed by atoms with Crippen LogP contribution in [0.4, 0.5) is 0 Å². The number of thioether (sulfide) groups is 1. The average Bonchev–Trinajstić information content (AvgIpc) is 3.17. The van der Waals surface area contributed by atoms with Crippen LogP contribution in [0, 0.1) is 0 Å². The molecule has 0 aromatic carbocycles. The molecule has 4 atom stereocenters. The van der Waals surface area contributed by atoms with Crippen molar-refractivity contribution in [2.45, 2.75) is 49.9 Å². The van der Waals surface area contributed by atoms with Gasteiger partial charge in [-0.05, 0) is 31.3 Å². The van der Waals surface area contributed by atoms with E-state index in [1.54, 1.807) is 0 Å². The van der Waals surface area contributed by atoms with E-state index in [9.17, 15) is 24.0 Å². The Bertz CT molecular complexity index is 664. The first-order valence-corrected chi connectivity index (χ1v) is 11.4. The second-order valence-electron chi connectivity index (χ2n) is 6.82. The quantitative estimate of drug-likeness (QED) is 0.188. The number of likely N-dealkylation sites (tertiary alicyclic amines) is 1. The normalized spacial score (nSPS) is 18.9. The third kappa shape index (κ3) is 7.69. The number of nitrogens with two attached hydrogens (primary N) is 1. The van der Waals surface area contributed by atoms with Crippen molar-refractivity contribution in [3.8, 4) is 0 Å². The number of hydrogen-bond acceptors (Lipinski definition) is 8. The summed E-state index contributed by atoms with van der Waals surface area (Å²) < 4.78 is 0. The van der Waals surface area contributed by atoms with Gasteiger partial charge in [-0.2, -0.15) is 24.4 Å². The Hall–Kier alpha value is -1.99. The Morgan fingerprint density at radius 2 is 1.87 bits per heavy atom. The highest BCUT2D eigenvalue weighted by molar-refractivity contribution is 7.98. The Balaban J connectivity index is 2.86. The highest BCUT2D eigenvalue weighted by Crippen LogP contribution is 2.19. The van der Waals surface area contributed by atoms with Gasteiger partial charge in [0.05, 0.1) is 12.5 Å². The average molecular weight is 465 g/mol. The van der Waals surface area contributed by atoms with E-state index in [2.05, 4.69) is 23.3 Å². The van der Waals surface area contributed by atoms with Crippen molar-refractivity contribution in [3.05, 3.63) is 0 Å². The highest BCUT2D eigenvalue weighted by atomic mass is 32.2. The Morgan fingerprint density at radius 3 is 2.40 bits per heavy atom. The van der Waals surface area contributed by atoms with Gasteiger partial charge >= 0.3 is 11.9 Å². The molecule has 1 saturated heterocycles. The molecule has 1 aliphatic heterocycles. The van der Waals surface area contributed by atoms with Crippen molar-refractivity contribution in [3.63, 3.8) is 0 Å². The fourth-order valence-electron chi connectivity index (χ4n) is 3.02. The van der Waals surface area contributed by atoms with Crippen LogP contribution in [0.5, 0.6) is 0 Å². The molecule has 1 rings (SSSR count). The van der Waals surface area contributed by atoms with Crippen molar-refractivity contribution in [2.24, 2.45) is 5.73 Å². The van der Waals surface area contributed by atoms with Crippen LogP contribution >= 0.6 is 24.4 Å². The molecule has 0 bridgehead atoms. The second-order valence-corrected chi connectivity index (χ2v) is 8.17. The Morgan fingerprint density at radius 1 is 1.20 bits per heavy atom. The summed E-state index contributed by atoms with van der Waals surface area (Å²) in [6, 6.07) is -4.33. The minimum Gasteiger partial charge on any atom is -0.481 e. The number of carboxylic acid groups (broad SMARTS) is 2. The van der Waals surface area contributed by atoms with Crippen molar-refractivity contribution >= 4 is 54.1 Å². The van der Waals surface area contributed by atoms with E-state index in [-0.39, 0.29) is 18.7 Å². The van der Waals surface area contributed by atoms with Crippen LogP contribution in [-0.4, -0.2) is 93.2 Å². The second kappa shape index (κ2) is 12.6. The number of carbonyl (C=O) groups is 5. The topological polar surface area (TPSA) is 179 Å². The molecule has 13 heteroatoms. The maximum absolute atomic E-state index is 12.8. The van der Waals surface area contributed by atoms with Gasteiger partial charge in [0.25, 0.3) is 0 Å². The van der Waals surface area contributed by atoms with E-state index in [4.69, 9.17) is 15.9 Å². The lowest BCUT2D eigenvalue weighted by Gasteiger charge is -2.28. The van der Waals surface area contributed by atoms with Crippen LogP contribution in [0.25, 0.3) is 0 Å². The molecule has 170 valence electrons. The summed E-state index contributed by atoms with van der Waals surface area (Å²) in [5, 5.41) is 22.8. The molecule has 30 heavy (non-hydrogen) atoms. The van der Waals surface area contributed by atoms with Gasteiger partial charge in [0.15, 0.2) is 0 Å². The minimum atomic E-state index is -1.27. The van der Waals surface area contributed by atoms with Crippen LogP contribution in [0.2, 0.25) is 0 Å². The zero-order valence-electron chi connectivity index (χ0n) is 16.6. The number of nitrogens with one attached hydrogen (secondary N) is 2. The van der Waals surface area contributed by atoms with Gasteiger partial charge in [-0.15, -0.1) is 0 Å². The SMILES string of the molecule is CSCCC(NC(=O)C1CCCN1C(=O)C(N)CC(=O)O)C(=O)NC(CS)C(=O)O. The van der Waals surface area contributed by atoms with E-state index in [0.717, 1.165) is 0 Å². The van der Waals surface area contributed by atoms with Crippen molar-refractivity contribution in [1.29, 1.82) is 0 Å². The molecule has 6 N–H and O–H groups in total. The molecular weight excluding hydrogens is 436 g/mol. The molecule has 0 radical (unpaired) electrons. The van der Waals surface area contributed by atoms with Gasteiger partial charge in [0.2, 0.25) is 17.7 Å². The molecule has 0 aliphatic carbocycles. The number of thiol groups is 1. The predicted molar refractivity (Wildman–Crippen MR) is 113 cm³/mol. The van der Waals surface area contributed by atoms with Crippen LogP contribution in [0.1, 0.15) is 25.7 Å². The highest BCUT2D eigenvalue weighted by Gasteiger charge is 2.38. The first kappa shape index (κ1) is 26.0. The zero-order chi connectivity index (χ0) is 22.8. The third-order valence-corrected chi connectivity index (χ3v) is 5.60. The molecule has 0 spiro atoms. The van der Waals surface area contributed by atoms with E-state index < -0.39 is 60.2 Å². The first-order valence-electron chi connectivity index (χ1n) is 9.33. The number of carbonyl (C=O) groups excluding carboxylic acids is 3. The van der Waals surface area contributed by atoms with Crippen LogP contribution in [0.3, 0.4) is 0 Å².